The molecule has 2 aliphatic heterocycles. The molecule has 3 aliphatic rings. The Morgan fingerprint density at radius 1 is 0.848 bits per heavy atom. The molecule has 1 fully saturated rings. The zero-order valence-electron chi connectivity index (χ0n) is 18.5. The van der Waals surface area contributed by atoms with Gasteiger partial charge in [-0.25, -0.2) is 0 Å². The van der Waals surface area contributed by atoms with Gasteiger partial charge in [0, 0.05) is 18.8 Å². The highest BCUT2D eigenvalue weighted by Crippen LogP contribution is 2.38. The van der Waals surface area contributed by atoms with Crippen molar-refractivity contribution >= 4 is 5.91 Å². The van der Waals surface area contributed by atoms with Crippen molar-refractivity contribution in [3.8, 4) is 5.75 Å². The average Bonchev–Trinajstić information content (AvgIpc) is 3.08. The summed E-state index contributed by atoms with van der Waals surface area (Å²) in [4.78, 5) is 27.9. The second kappa shape index (κ2) is 7.80. The molecule has 0 radical (unpaired) electrons. The number of piperidine rings is 1. The second-order valence-electron chi connectivity index (χ2n) is 9.29. The van der Waals surface area contributed by atoms with Crippen LogP contribution in [0.5, 0.6) is 5.75 Å². The van der Waals surface area contributed by atoms with Gasteiger partial charge in [-0.15, -0.1) is 0 Å². The summed E-state index contributed by atoms with van der Waals surface area (Å²) in [6.07, 6.45) is 6.49. The maximum absolute atomic E-state index is 13.6. The van der Waals surface area contributed by atoms with E-state index in [1.165, 1.54) is 28.3 Å². The number of aromatic nitrogens is 1. The summed E-state index contributed by atoms with van der Waals surface area (Å²) in [5.74, 6) is -0.721. The Morgan fingerprint density at radius 2 is 1.52 bits per heavy atom. The zero-order valence-corrected chi connectivity index (χ0v) is 18.5. The van der Waals surface area contributed by atoms with Crippen molar-refractivity contribution in [3.05, 3.63) is 99.0 Å². The first-order valence-corrected chi connectivity index (χ1v) is 11.8. The zero-order chi connectivity index (χ0) is 22.5. The summed E-state index contributed by atoms with van der Waals surface area (Å²) in [6.45, 7) is 1.28. The molecule has 3 heterocycles. The van der Waals surface area contributed by atoms with Crippen LogP contribution in [0.15, 0.2) is 65.6 Å². The molecule has 1 atom stereocenters. The number of pyridine rings is 1. The first kappa shape index (κ1) is 20.1. The van der Waals surface area contributed by atoms with Crippen LogP contribution < -0.4 is 10.4 Å². The Hall–Kier alpha value is -3.54. The molecule has 6 nitrogen and oxygen atoms in total. The molecular formula is C27H27N3O3. The van der Waals surface area contributed by atoms with Crippen LogP contribution in [0.25, 0.3) is 0 Å². The van der Waals surface area contributed by atoms with E-state index in [9.17, 15) is 14.7 Å². The third kappa shape index (κ3) is 3.16. The molecule has 33 heavy (non-hydrogen) atoms. The third-order valence-electron chi connectivity index (χ3n) is 7.48. The van der Waals surface area contributed by atoms with E-state index in [2.05, 4.69) is 53.5 Å². The molecule has 168 valence electrons. The molecule has 0 spiro atoms. The molecule has 6 heteroatoms. The van der Waals surface area contributed by atoms with Crippen LogP contribution in [-0.2, 0) is 12.8 Å². The average molecular weight is 442 g/mol. The topological polar surface area (TPSA) is 65.8 Å². The first-order valence-electron chi connectivity index (χ1n) is 11.8. The Morgan fingerprint density at radius 3 is 2.21 bits per heavy atom. The van der Waals surface area contributed by atoms with Crippen LogP contribution in [0.1, 0.15) is 58.0 Å². The lowest BCUT2D eigenvalue weighted by molar-refractivity contribution is 0.0628. The molecule has 6 rings (SSSR count). The van der Waals surface area contributed by atoms with Crippen molar-refractivity contribution < 1.29 is 9.90 Å². The van der Waals surface area contributed by atoms with Crippen LogP contribution >= 0.6 is 0 Å². The van der Waals surface area contributed by atoms with Crippen molar-refractivity contribution in [1.29, 1.82) is 0 Å². The number of nitrogens with zero attached hydrogens (tertiary/aromatic N) is 3. The molecule has 1 saturated heterocycles. The van der Waals surface area contributed by atoms with Crippen molar-refractivity contribution in [2.24, 2.45) is 0 Å². The number of hydrogen-bond acceptors (Lipinski definition) is 4. The van der Waals surface area contributed by atoms with Crippen molar-refractivity contribution in [2.75, 3.05) is 18.1 Å². The largest absolute Gasteiger partial charge is 0.502 e. The van der Waals surface area contributed by atoms with Crippen LogP contribution in [0.2, 0.25) is 0 Å². The number of aromatic hydroxyl groups is 1. The third-order valence-corrected chi connectivity index (χ3v) is 7.48. The van der Waals surface area contributed by atoms with Gasteiger partial charge in [0.2, 0.25) is 5.43 Å². The maximum atomic E-state index is 13.6. The summed E-state index contributed by atoms with van der Waals surface area (Å²) in [5.41, 5.74) is 4.56. The quantitative estimate of drug-likeness (QED) is 0.629. The van der Waals surface area contributed by atoms with Gasteiger partial charge in [0.25, 0.3) is 5.91 Å². The number of hydrogen-bond donors (Lipinski definition) is 1. The van der Waals surface area contributed by atoms with E-state index in [1.807, 2.05) is 4.90 Å². The molecule has 1 N–H and O–H groups in total. The number of carbonyl (C=O) groups is 1. The molecule has 2 aromatic carbocycles. The van der Waals surface area contributed by atoms with E-state index >= 15 is 0 Å². The lowest BCUT2D eigenvalue weighted by Crippen LogP contribution is -2.49. The minimum Gasteiger partial charge on any atom is -0.502 e. The predicted octanol–water partition coefficient (Wildman–Crippen LogP) is 3.39. The first-order chi connectivity index (χ1) is 16.1. The second-order valence-corrected chi connectivity index (χ2v) is 9.29. The van der Waals surface area contributed by atoms with E-state index in [0.29, 0.717) is 13.1 Å². The standard InChI is InChI=1S/C27H27N3O3/c31-23-14-16-29-25(26(23)32)27(33)28-15-6-5-9-20(28)17-30(29)24-21-10-3-1-7-18(21)12-13-19-8-2-4-11-22(19)24/h1-4,7-8,10-11,14,16,20,24,32H,5-6,9,12-13,15,17H2/t20-/m1/s1. The number of amides is 1. The van der Waals surface area contributed by atoms with Crippen molar-refractivity contribution in [3.63, 3.8) is 0 Å². The van der Waals surface area contributed by atoms with Gasteiger partial charge in [0.05, 0.1) is 18.6 Å². The molecular weight excluding hydrogens is 414 g/mol. The van der Waals surface area contributed by atoms with Crippen molar-refractivity contribution in [1.82, 2.24) is 9.58 Å². The van der Waals surface area contributed by atoms with Crippen LogP contribution in [0, 0.1) is 0 Å². The lowest BCUT2D eigenvalue weighted by atomic mass is 9.93. The number of rotatable bonds is 1. The van der Waals surface area contributed by atoms with Gasteiger partial charge in [-0.1, -0.05) is 48.5 Å². The van der Waals surface area contributed by atoms with Gasteiger partial charge in [-0.05, 0) is 54.4 Å². The van der Waals surface area contributed by atoms with Gasteiger partial charge >= 0.3 is 0 Å². The Bertz CT molecular complexity index is 1250. The minimum absolute atomic E-state index is 0.0308. The highest BCUT2D eigenvalue weighted by Gasteiger charge is 2.40. The van der Waals surface area contributed by atoms with Gasteiger partial charge in [0.1, 0.15) is 0 Å². The minimum atomic E-state index is -0.522. The van der Waals surface area contributed by atoms with E-state index in [-0.39, 0.29) is 23.7 Å². The normalized spacial score (nSPS) is 20.2. The highest BCUT2D eigenvalue weighted by atomic mass is 16.3. The fourth-order valence-electron chi connectivity index (χ4n) is 5.87. The molecule has 3 aromatic rings. The summed E-state index contributed by atoms with van der Waals surface area (Å²) in [7, 11) is 0. The SMILES string of the molecule is O=C1c2c(O)c(=O)ccn2N(C2c3ccccc3CCc3ccccc32)C[C@H]2CCCCN12. The van der Waals surface area contributed by atoms with Crippen LogP contribution in [0.3, 0.4) is 0 Å². The number of fused-ring (bicyclic) bond motifs is 4. The van der Waals surface area contributed by atoms with Gasteiger partial charge in [-0.3, -0.25) is 19.3 Å². The molecule has 0 bridgehead atoms. The Labute approximate surface area is 192 Å². The highest BCUT2D eigenvalue weighted by molar-refractivity contribution is 5.96. The molecule has 1 aromatic heterocycles. The Kier molecular flexibility index (Phi) is 4.75. The van der Waals surface area contributed by atoms with E-state index in [0.717, 1.165) is 32.1 Å². The molecule has 0 saturated carbocycles. The summed E-state index contributed by atoms with van der Waals surface area (Å²) < 4.78 is 1.75. The van der Waals surface area contributed by atoms with Gasteiger partial charge < -0.3 is 10.0 Å². The van der Waals surface area contributed by atoms with Crippen LogP contribution in [0.4, 0.5) is 0 Å². The fraction of sp³-hybridized carbons (Fsp3) is 0.333. The van der Waals surface area contributed by atoms with Gasteiger partial charge in [-0.2, -0.15) is 0 Å². The van der Waals surface area contributed by atoms with Crippen LogP contribution in [-0.4, -0.2) is 39.7 Å². The van der Waals surface area contributed by atoms with E-state index in [1.54, 1.807) is 10.9 Å². The number of benzene rings is 2. The molecule has 1 amide bonds. The lowest BCUT2D eigenvalue weighted by Gasteiger charge is -2.40. The van der Waals surface area contributed by atoms with E-state index in [4.69, 9.17) is 0 Å². The Balaban J connectivity index is 1.62. The summed E-state index contributed by atoms with van der Waals surface area (Å²) >= 11 is 0. The molecule has 1 aliphatic carbocycles. The van der Waals surface area contributed by atoms with Crippen molar-refractivity contribution in [2.45, 2.75) is 44.2 Å². The van der Waals surface area contributed by atoms with Gasteiger partial charge in [0.15, 0.2) is 11.4 Å². The predicted molar refractivity (Wildman–Crippen MR) is 126 cm³/mol. The fourth-order valence-corrected chi connectivity index (χ4v) is 5.87. The number of aryl methyl sites for hydroxylation is 2. The maximum Gasteiger partial charge on any atom is 0.276 e. The smallest absolute Gasteiger partial charge is 0.276 e. The van der Waals surface area contributed by atoms with E-state index < -0.39 is 11.2 Å². The number of carbonyl (C=O) groups excluding carboxylic acids is 1. The molecule has 0 unspecified atom stereocenters. The summed E-state index contributed by atoms with van der Waals surface area (Å²) in [5, 5.41) is 13.0. The monoisotopic (exact) mass is 441 g/mol. The summed E-state index contributed by atoms with van der Waals surface area (Å²) in [6, 6.07) is 18.3.